The molecule has 1 aliphatic rings. The highest BCUT2D eigenvalue weighted by Gasteiger charge is 2.13. The second-order valence-corrected chi connectivity index (χ2v) is 7.16. The summed E-state index contributed by atoms with van der Waals surface area (Å²) in [6.45, 7) is 7.21. The van der Waals surface area contributed by atoms with Gasteiger partial charge in [0.2, 0.25) is 12.7 Å². The molecule has 0 atom stereocenters. The van der Waals surface area contributed by atoms with Gasteiger partial charge in [-0.25, -0.2) is 4.98 Å². The van der Waals surface area contributed by atoms with Crippen LogP contribution in [-0.2, 0) is 6.54 Å². The van der Waals surface area contributed by atoms with Crippen LogP contribution in [0.25, 0.3) is 0 Å². The summed E-state index contributed by atoms with van der Waals surface area (Å²) in [6.07, 6.45) is 0. The Kier molecular flexibility index (Phi) is 5.02. The fourth-order valence-electron chi connectivity index (χ4n) is 3.04. The lowest BCUT2D eigenvalue weighted by molar-refractivity contribution is 0.174. The maximum absolute atomic E-state index is 5.43. The normalized spacial score (nSPS) is 12.3. The Morgan fingerprint density at radius 2 is 1.75 bits per heavy atom. The average molecular weight is 376 g/mol. The summed E-state index contributed by atoms with van der Waals surface area (Å²) < 4.78 is 10.8. The molecule has 2 aromatic carbocycles. The third kappa shape index (κ3) is 4.17. The van der Waals surface area contributed by atoms with Gasteiger partial charge in [0.05, 0.1) is 0 Å². The zero-order chi connectivity index (χ0) is 19.5. The Balaban J connectivity index is 1.44. The zero-order valence-electron chi connectivity index (χ0n) is 16.3. The first-order valence-corrected chi connectivity index (χ1v) is 9.42. The van der Waals surface area contributed by atoms with Gasteiger partial charge in [-0.2, -0.15) is 4.98 Å². The lowest BCUT2D eigenvalue weighted by Gasteiger charge is -2.11. The van der Waals surface area contributed by atoms with Crippen LogP contribution in [0.2, 0.25) is 0 Å². The summed E-state index contributed by atoms with van der Waals surface area (Å²) >= 11 is 0. The molecule has 0 spiro atoms. The van der Waals surface area contributed by atoms with Crippen molar-refractivity contribution in [3.05, 3.63) is 65.4 Å². The number of nitrogens with zero attached hydrogens (tertiary/aromatic N) is 2. The summed E-state index contributed by atoms with van der Waals surface area (Å²) in [7, 11) is 0. The standard InChI is InChI=1S/C22H24N4O2/c1-14(2)17-5-7-18(8-6-17)25-21-10-15(3)24-22(26-21)23-12-16-4-9-19-20(11-16)28-13-27-19/h4-11,14H,12-13H2,1-3H3,(H2,23,24,25,26). The quantitative estimate of drug-likeness (QED) is 0.631. The van der Waals surface area contributed by atoms with Crippen molar-refractivity contribution in [2.45, 2.75) is 33.2 Å². The zero-order valence-corrected chi connectivity index (χ0v) is 16.3. The molecule has 0 unspecified atom stereocenters. The molecule has 0 fully saturated rings. The van der Waals surface area contributed by atoms with Crippen LogP contribution in [0.3, 0.4) is 0 Å². The van der Waals surface area contributed by atoms with E-state index in [9.17, 15) is 0 Å². The van der Waals surface area contributed by atoms with Gasteiger partial charge >= 0.3 is 0 Å². The molecule has 3 aromatic rings. The summed E-state index contributed by atoms with van der Waals surface area (Å²) in [5.41, 5.74) is 4.29. The van der Waals surface area contributed by atoms with E-state index in [0.717, 1.165) is 34.3 Å². The van der Waals surface area contributed by atoms with Crippen molar-refractivity contribution >= 4 is 17.5 Å². The maximum atomic E-state index is 5.43. The van der Waals surface area contributed by atoms with E-state index >= 15 is 0 Å². The van der Waals surface area contributed by atoms with Gasteiger partial charge in [0.25, 0.3) is 0 Å². The minimum absolute atomic E-state index is 0.278. The molecule has 1 aromatic heterocycles. The molecule has 0 saturated heterocycles. The van der Waals surface area contributed by atoms with E-state index in [1.54, 1.807) is 0 Å². The number of aromatic nitrogens is 2. The monoisotopic (exact) mass is 376 g/mol. The van der Waals surface area contributed by atoms with E-state index in [0.29, 0.717) is 18.4 Å². The van der Waals surface area contributed by atoms with Gasteiger partial charge in [-0.15, -0.1) is 0 Å². The molecule has 0 aliphatic carbocycles. The molecule has 0 bridgehead atoms. The van der Waals surface area contributed by atoms with Crippen molar-refractivity contribution in [2.24, 2.45) is 0 Å². The van der Waals surface area contributed by atoms with Crippen molar-refractivity contribution in [1.82, 2.24) is 9.97 Å². The topological polar surface area (TPSA) is 68.3 Å². The van der Waals surface area contributed by atoms with E-state index in [2.05, 4.69) is 58.7 Å². The second kappa shape index (κ2) is 7.76. The highest BCUT2D eigenvalue weighted by atomic mass is 16.7. The largest absolute Gasteiger partial charge is 0.454 e. The van der Waals surface area contributed by atoms with Crippen LogP contribution in [-0.4, -0.2) is 16.8 Å². The van der Waals surface area contributed by atoms with Gasteiger partial charge < -0.3 is 20.1 Å². The first kappa shape index (κ1) is 18.1. The molecule has 1 aliphatic heterocycles. The van der Waals surface area contributed by atoms with E-state index in [4.69, 9.17) is 9.47 Å². The highest BCUT2D eigenvalue weighted by molar-refractivity contribution is 5.58. The first-order chi connectivity index (χ1) is 13.6. The van der Waals surface area contributed by atoms with E-state index < -0.39 is 0 Å². The van der Waals surface area contributed by atoms with Crippen molar-refractivity contribution in [3.63, 3.8) is 0 Å². The summed E-state index contributed by atoms with van der Waals surface area (Å²) in [4.78, 5) is 9.07. The van der Waals surface area contributed by atoms with Crippen LogP contribution in [0.15, 0.2) is 48.5 Å². The molecule has 28 heavy (non-hydrogen) atoms. The molecule has 2 N–H and O–H groups in total. The van der Waals surface area contributed by atoms with E-state index in [1.165, 1.54) is 5.56 Å². The molecular formula is C22H24N4O2. The van der Waals surface area contributed by atoms with Gasteiger partial charge in [-0.1, -0.05) is 32.0 Å². The predicted molar refractivity (Wildman–Crippen MR) is 110 cm³/mol. The van der Waals surface area contributed by atoms with Crippen LogP contribution in [0.4, 0.5) is 17.5 Å². The third-order valence-electron chi connectivity index (χ3n) is 4.59. The van der Waals surface area contributed by atoms with Crippen molar-refractivity contribution < 1.29 is 9.47 Å². The first-order valence-electron chi connectivity index (χ1n) is 9.42. The van der Waals surface area contributed by atoms with Gasteiger partial charge in [0.15, 0.2) is 11.5 Å². The fourth-order valence-corrected chi connectivity index (χ4v) is 3.04. The summed E-state index contributed by atoms with van der Waals surface area (Å²) in [5.74, 6) is 3.42. The molecule has 0 amide bonds. The van der Waals surface area contributed by atoms with Gasteiger partial charge in [-0.05, 0) is 48.2 Å². The molecule has 4 rings (SSSR count). The van der Waals surface area contributed by atoms with Crippen LogP contribution in [0.1, 0.15) is 36.6 Å². The molecule has 2 heterocycles. The van der Waals surface area contributed by atoms with Gasteiger partial charge in [-0.3, -0.25) is 0 Å². The number of aryl methyl sites for hydroxylation is 1. The number of fused-ring (bicyclic) bond motifs is 1. The molecule has 6 nitrogen and oxygen atoms in total. The van der Waals surface area contributed by atoms with Crippen molar-refractivity contribution in [2.75, 3.05) is 17.4 Å². The number of ether oxygens (including phenoxy) is 2. The average Bonchev–Trinajstić information content (AvgIpc) is 3.14. The van der Waals surface area contributed by atoms with Gasteiger partial charge in [0.1, 0.15) is 5.82 Å². The number of anilines is 3. The van der Waals surface area contributed by atoms with Crippen molar-refractivity contribution in [1.29, 1.82) is 0 Å². The highest BCUT2D eigenvalue weighted by Crippen LogP contribution is 2.32. The Hall–Kier alpha value is -3.28. The number of benzene rings is 2. The third-order valence-corrected chi connectivity index (χ3v) is 4.59. The Bertz CT molecular complexity index is 971. The minimum atomic E-state index is 0.278. The van der Waals surface area contributed by atoms with Crippen LogP contribution in [0, 0.1) is 6.92 Å². The Morgan fingerprint density at radius 3 is 2.54 bits per heavy atom. The van der Waals surface area contributed by atoms with Crippen molar-refractivity contribution in [3.8, 4) is 11.5 Å². The lowest BCUT2D eigenvalue weighted by Crippen LogP contribution is -2.06. The molecule has 0 radical (unpaired) electrons. The number of hydrogen-bond donors (Lipinski definition) is 2. The number of rotatable bonds is 6. The molecular weight excluding hydrogens is 352 g/mol. The lowest BCUT2D eigenvalue weighted by atomic mass is 10.0. The number of hydrogen-bond acceptors (Lipinski definition) is 6. The number of nitrogens with one attached hydrogen (secondary N) is 2. The van der Waals surface area contributed by atoms with Crippen LogP contribution < -0.4 is 20.1 Å². The molecule has 6 heteroatoms. The van der Waals surface area contributed by atoms with E-state index in [-0.39, 0.29) is 6.79 Å². The smallest absolute Gasteiger partial charge is 0.231 e. The summed E-state index contributed by atoms with van der Waals surface area (Å²) in [5, 5.41) is 6.64. The molecule has 144 valence electrons. The Labute approximate surface area is 164 Å². The van der Waals surface area contributed by atoms with Gasteiger partial charge in [0, 0.05) is 24.0 Å². The SMILES string of the molecule is Cc1cc(Nc2ccc(C(C)C)cc2)nc(NCc2ccc3c(c2)OCO3)n1. The molecule has 0 saturated carbocycles. The fraction of sp³-hybridized carbons (Fsp3) is 0.273. The van der Waals surface area contributed by atoms with Crippen LogP contribution >= 0.6 is 0 Å². The minimum Gasteiger partial charge on any atom is -0.454 e. The second-order valence-electron chi connectivity index (χ2n) is 7.16. The van der Waals surface area contributed by atoms with Crippen LogP contribution in [0.5, 0.6) is 11.5 Å². The summed E-state index contributed by atoms with van der Waals surface area (Å²) in [6, 6.07) is 16.3. The predicted octanol–water partition coefficient (Wildman–Crippen LogP) is 4.99. The van der Waals surface area contributed by atoms with E-state index in [1.807, 2.05) is 31.2 Å². The maximum Gasteiger partial charge on any atom is 0.231 e. The Morgan fingerprint density at radius 1 is 0.964 bits per heavy atom.